The number of benzene rings is 1. The summed E-state index contributed by atoms with van der Waals surface area (Å²) in [6.07, 6.45) is 3.84. The maximum atomic E-state index is 12.6. The van der Waals surface area contributed by atoms with Crippen molar-refractivity contribution < 1.29 is 9.53 Å². The Labute approximate surface area is 142 Å². The van der Waals surface area contributed by atoms with E-state index in [1.807, 2.05) is 0 Å². The average Bonchev–Trinajstić information content (AvgIpc) is 3.03. The number of nitrogen functional groups attached to an aromatic ring is 1. The first-order valence-electron chi connectivity index (χ1n) is 8.37. The van der Waals surface area contributed by atoms with Gasteiger partial charge in [0.05, 0.1) is 22.9 Å². The lowest BCUT2D eigenvalue weighted by Crippen LogP contribution is -2.44. The number of amides is 1. The van der Waals surface area contributed by atoms with Crippen LogP contribution >= 0.6 is 11.6 Å². The molecule has 1 aromatic carbocycles. The van der Waals surface area contributed by atoms with E-state index < -0.39 is 0 Å². The molecule has 6 heteroatoms. The van der Waals surface area contributed by atoms with Gasteiger partial charge >= 0.3 is 0 Å². The van der Waals surface area contributed by atoms with Gasteiger partial charge in [0.15, 0.2) is 0 Å². The van der Waals surface area contributed by atoms with Gasteiger partial charge in [0.1, 0.15) is 5.75 Å². The normalized spacial score (nSPS) is 18.5. The van der Waals surface area contributed by atoms with E-state index in [0.29, 0.717) is 35.1 Å². The van der Waals surface area contributed by atoms with Crippen molar-refractivity contribution in [2.75, 3.05) is 32.0 Å². The van der Waals surface area contributed by atoms with Crippen molar-refractivity contribution >= 4 is 23.2 Å². The fraction of sp³-hybridized carbons (Fsp3) is 0.588. The Morgan fingerprint density at radius 2 is 2.22 bits per heavy atom. The average molecular weight is 338 g/mol. The van der Waals surface area contributed by atoms with E-state index in [0.717, 1.165) is 38.0 Å². The number of nitrogens with zero attached hydrogens (tertiary/aromatic N) is 1. The minimum Gasteiger partial charge on any atom is -0.492 e. The number of carbonyl (C=O) groups excluding carboxylic acids is 1. The lowest BCUT2D eigenvalue weighted by molar-refractivity contribution is 0.0908. The topological polar surface area (TPSA) is 67.6 Å². The molecule has 3 N–H and O–H groups in total. The minimum absolute atomic E-state index is 0.112. The Morgan fingerprint density at radius 1 is 1.48 bits per heavy atom. The van der Waals surface area contributed by atoms with Crippen LogP contribution in [-0.4, -0.2) is 43.1 Å². The van der Waals surface area contributed by atoms with Crippen LogP contribution < -0.4 is 15.8 Å². The summed E-state index contributed by atoms with van der Waals surface area (Å²) in [5.41, 5.74) is 7.88. The van der Waals surface area contributed by atoms with Crippen LogP contribution in [-0.2, 0) is 6.42 Å². The number of fused-ring (bicyclic) bond motifs is 1. The third kappa shape index (κ3) is 3.40. The van der Waals surface area contributed by atoms with Gasteiger partial charge in [-0.3, -0.25) is 4.79 Å². The van der Waals surface area contributed by atoms with Gasteiger partial charge in [-0.05, 0) is 31.9 Å². The van der Waals surface area contributed by atoms with Crippen LogP contribution in [0.1, 0.15) is 42.1 Å². The molecule has 126 valence electrons. The molecule has 0 aromatic heterocycles. The highest BCUT2D eigenvalue weighted by Gasteiger charge is 2.27. The lowest BCUT2D eigenvalue weighted by Gasteiger charge is -2.32. The standard InChI is InChI=1S/C17H24ClN3O2/c1-2-6-21-7-3-11(4-8-21)20-17(22)13-10-14(18)15(19)12-5-9-23-16(12)13/h10-11H,2-9,19H2,1H3,(H,20,22). The maximum absolute atomic E-state index is 12.6. The van der Waals surface area contributed by atoms with Crippen LogP contribution in [0.3, 0.4) is 0 Å². The van der Waals surface area contributed by atoms with E-state index >= 15 is 0 Å². The van der Waals surface area contributed by atoms with E-state index in [-0.39, 0.29) is 11.9 Å². The molecule has 0 bridgehead atoms. The number of ether oxygens (including phenoxy) is 1. The molecule has 0 saturated carbocycles. The Hall–Kier alpha value is -1.46. The zero-order valence-corrected chi connectivity index (χ0v) is 14.3. The molecule has 2 heterocycles. The molecule has 0 atom stereocenters. The van der Waals surface area contributed by atoms with E-state index in [1.54, 1.807) is 6.07 Å². The number of hydrogen-bond donors (Lipinski definition) is 2. The monoisotopic (exact) mass is 337 g/mol. The number of halogens is 1. The quantitative estimate of drug-likeness (QED) is 0.828. The largest absolute Gasteiger partial charge is 0.492 e. The predicted molar refractivity (Wildman–Crippen MR) is 92.3 cm³/mol. The van der Waals surface area contributed by atoms with Gasteiger partial charge in [-0.15, -0.1) is 0 Å². The number of piperidine rings is 1. The van der Waals surface area contributed by atoms with E-state index in [4.69, 9.17) is 22.1 Å². The number of hydrogen-bond acceptors (Lipinski definition) is 4. The van der Waals surface area contributed by atoms with Gasteiger partial charge in [0.2, 0.25) is 0 Å². The van der Waals surface area contributed by atoms with Gasteiger partial charge in [0, 0.05) is 31.1 Å². The van der Waals surface area contributed by atoms with Gasteiger partial charge in [-0.1, -0.05) is 18.5 Å². The second kappa shape index (κ2) is 6.97. The summed E-state index contributed by atoms with van der Waals surface area (Å²) in [6.45, 7) is 5.95. The predicted octanol–water partition coefficient (Wildman–Crippen LogP) is 2.46. The van der Waals surface area contributed by atoms with Crippen molar-refractivity contribution in [3.05, 3.63) is 22.2 Å². The molecule has 0 spiro atoms. The molecule has 5 nitrogen and oxygen atoms in total. The second-order valence-electron chi connectivity index (χ2n) is 6.32. The summed E-state index contributed by atoms with van der Waals surface area (Å²) in [4.78, 5) is 15.1. The van der Waals surface area contributed by atoms with E-state index in [2.05, 4.69) is 17.1 Å². The van der Waals surface area contributed by atoms with Crippen molar-refractivity contribution in [2.45, 2.75) is 38.6 Å². The van der Waals surface area contributed by atoms with Gasteiger partial charge in [-0.25, -0.2) is 0 Å². The SMILES string of the molecule is CCCN1CCC(NC(=O)c2cc(Cl)c(N)c3c2OCC3)CC1. The van der Waals surface area contributed by atoms with E-state index in [9.17, 15) is 4.79 Å². The Balaban J connectivity index is 1.68. The molecule has 1 aromatic rings. The highest BCUT2D eigenvalue weighted by molar-refractivity contribution is 6.33. The van der Waals surface area contributed by atoms with Crippen molar-refractivity contribution in [1.29, 1.82) is 0 Å². The number of nitrogens with one attached hydrogen (secondary N) is 1. The zero-order valence-electron chi connectivity index (χ0n) is 13.5. The fourth-order valence-electron chi connectivity index (χ4n) is 3.42. The smallest absolute Gasteiger partial charge is 0.255 e. The number of likely N-dealkylation sites (tertiary alicyclic amines) is 1. The van der Waals surface area contributed by atoms with Crippen LogP contribution in [0.2, 0.25) is 5.02 Å². The number of nitrogens with two attached hydrogens (primary N) is 1. The fourth-order valence-corrected chi connectivity index (χ4v) is 3.64. The van der Waals surface area contributed by atoms with Gasteiger partial charge in [0.25, 0.3) is 5.91 Å². The molecule has 0 radical (unpaired) electrons. The Morgan fingerprint density at radius 3 is 2.91 bits per heavy atom. The molecule has 0 aliphatic carbocycles. The zero-order chi connectivity index (χ0) is 16.4. The summed E-state index contributed by atoms with van der Waals surface area (Å²) >= 11 is 6.17. The van der Waals surface area contributed by atoms with Crippen molar-refractivity contribution in [1.82, 2.24) is 10.2 Å². The molecule has 0 unspecified atom stereocenters. The molecule has 1 amide bonds. The lowest BCUT2D eigenvalue weighted by atomic mass is 10.0. The maximum Gasteiger partial charge on any atom is 0.255 e. The highest BCUT2D eigenvalue weighted by atomic mass is 35.5. The third-order valence-corrected chi connectivity index (χ3v) is 4.99. The summed E-state index contributed by atoms with van der Waals surface area (Å²) < 4.78 is 5.62. The van der Waals surface area contributed by atoms with Crippen LogP contribution in [0.4, 0.5) is 5.69 Å². The van der Waals surface area contributed by atoms with Crippen LogP contribution in [0.5, 0.6) is 5.75 Å². The third-order valence-electron chi connectivity index (χ3n) is 4.68. The first-order chi connectivity index (χ1) is 11.1. The molecular weight excluding hydrogens is 314 g/mol. The van der Waals surface area contributed by atoms with Crippen molar-refractivity contribution in [3.63, 3.8) is 0 Å². The first-order valence-corrected chi connectivity index (χ1v) is 8.74. The molecule has 2 aliphatic rings. The first kappa shape index (κ1) is 16.4. The van der Waals surface area contributed by atoms with Crippen LogP contribution in [0, 0.1) is 0 Å². The molecule has 1 fully saturated rings. The second-order valence-corrected chi connectivity index (χ2v) is 6.72. The Kier molecular flexibility index (Phi) is 4.97. The molecule has 3 rings (SSSR count). The Bertz CT molecular complexity index is 598. The molecular formula is C17H24ClN3O2. The summed E-state index contributed by atoms with van der Waals surface area (Å²) in [5.74, 6) is 0.492. The number of carbonyl (C=O) groups is 1. The summed E-state index contributed by atoms with van der Waals surface area (Å²) in [5, 5.41) is 3.56. The van der Waals surface area contributed by atoms with Gasteiger partial charge in [-0.2, -0.15) is 0 Å². The molecule has 2 aliphatic heterocycles. The number of anilines is 1. The van der Waals surface area contributed by atoms with Gasteiger partial charge < -0.3 is 20.7 Å². The summed E-state index contributed by atoms with van der Waals surface area (Å²) in [6, 6.07) is 1.84. The van der Waals surface area contributed by atoms with Crippen LogP contribution in [0.15, 0.2) is 6.07 Å². The molecule has 23 heavy (non-hydrogen) atoms. The summed E-state index contributed by atoms with van der Waals surface area (Å²) in [7, 11) is 0. The highest BCUT2D eigenvalue weighted by Crippen LogP contribution is 2.38. The minimum atomic E-state index is -0.112. The van der Waals surface area contributed by atoms with E-state index in [1.165, 1.54) is 6.42 Å². The number of rotatable bonds is 4. The van der Waals surface area contributed by atoms with Crippen LogP contribution in [0.25, 0.3) is 0 Å². The van der Waals surface area contributed by atoms with Crippen molar-refractivity contribution in [3.8, 4) is 5.75 Å². The van der Waals surface area contributed by atoms with Crippen molar-refractivity contribution in [2.24, 2.45) is 0 Å². The molecule has 1 saturated heterocycles.